The first-order valence-electron chi connectivity index (χ1n) is 5.77. The third-order valence-electron chi connectivity index (χ3n) is 2.92. The van der Waals surface area contributed by atoms with Gasteiger partial charge in [-0.3, -0.25) is 4.57 Å². The number of anilines is 1. The number of rotatable bonds is 2. The van der Waals surface area contributed by atoms with Crippen LogP contribution in [0.3, 0.4) is 0 Å². The summed E-state index contributed by atoms with van der Waals surface area (Å²) in [5.41, 5.74) is 8.54. The summed E-state index contributed by atoms with van der Waals surface area (Å²) in [5, 5.41) is 0. The molecule has 3 rings (SSSR count). The first-order chi connectivity index (χ1) is 9.13. The normalized spacial score (nSPS) is 11.0. The van der Waals surface area contributed by atoms with Gasteiger partial charge in [0.05, 0.1) is 12.1 Å². The van der Waals surface area contributed by atoms with Crippen LogP contribution in [0.15, 0.2) is 56.1 Å². The molecule has 0 saturated carbocycles. The Bertz CT molecular complexity index is 805. The van der Waals surface area contributed by atoms with Crippen molar-refractivity contribution >= 4 is 32.7 Å². The summed E-state index contributed by atoms with van der Waals surface area (Å²) >= 11 is 3.42. The number of hydrogen-bond acceptors (Lipinski definition) is 3. The molecule has 2 aromatic carbocycles. The van der Waals surface area contributed by atoms with Gasteiger partial charge in [0, 0.05) is 16.2 Å². The van der Waals surface area contributed by atoms with Crippen molar-refractivity contribution in [3.63, 3.8) is 0 Å². The van der Waals surface area contributed by atoms with E-state index < -0.39 is 0 Å². The smallest absolute Gasteiger partial charge is 0.408 e. The molecule has 5 heteroatoms. The molecule has 1 heterocycles. The van der Waals surface area contributed by atoms with Gasteiger partial charge in [0.2, 0.25) is 0 Å². The lowest BCUT2D eigenvalue weighted by molar-refractivity contribution is 0.518. The quantitative estimate of drug-likeness (QED) is 0.739. The van der Waals surface area contributed by atoms with E-state index in [1.165, 1.54) is 0 Å². The summed E-state index contributed by atoms with van der Waals surface area (Å²) in [5.74, 6) is -0.374. The molecule has 4 nitrogen and oxygen atoms in total. The van der Waals surface area contributed by atoms with Crippen LogP contribution >= 0.6 is 15.9 Å². The fourth-order valence-corrected chi connectivity index (χ4v) is 2.50. The predicted molar refractivity (Wildman–Crippen MR) is 78.1 cm³/mol. The van der Waals surface area contributed by atoms with Gasteiger partial charge in [-0.25, -0.2) is 4.79 Å². The Kier molecular flexibility index (Phi) is 2.91. The Labute approximate surface area is 117 Å². The van der Waals surface area contributed by atoms with Crippen LogP contribution in [-0.4, -0.2) is 4.57 Å². The van der Waals surface area contributed by atoms with Crippen LogP contribution in [0.5, 0.6) is 0 Å². The van der Waals surface area contributed by atoms with Crippen LogP contribution < -0.4 is 11.5 Å². The predicted octanol–water partition coefficient (Wildman–Crippen LogP) is 2.99. The molecule has 3 aromatic rings. The molecule has 0 aliphatic heterocycles. The Hall–Kier alpha value is -2.01. The van der Waals surface area contributed by atoms with Crippen molar-refractivity contribution in [3.05, 3.63) is 63.1 Å². The SMILES string of the molecule is Nc1ccc2c(c1)oc(=O)n2Cc1cccc(Br)c1. The molecule has 0 saturated heterocycles. The maximum Gasteiger partial charge on any atom is 0.420 e. The summed E-state index contributed by atoms with van der Waals surface area (Å²) in [4.78, 5) is 11.9. The number of nitrogen functional groups attached to an aromatic ring is 1. The second kappa shape index (κ2) is 4.59. The van der Waals surface area contributed by atoms with Crippen LogP contribution in [0, 0.1) is 0 Å². The maximum atomic E-state index is 11.9. The molecule has 2 N–H and O–H groups in total. The summed E-state index contributed by atoms with van der Waals surface area (Å²) in [7, 11) is 0. The number of nitrogens with zero attached hydrogens (tertiary/aromatic N) is 1. The number of oxazole rings is 1. The summed E-state index contributed by atoms with van der Waals surface area (Å²) in [6.07, 6.45) is 0. The fourth-order valence-electron chi connectivity index (χ4n) is 2.05. The van der Waals surface area contributed by atoms with Crippen molar-refractivity contribution in [2.45, 2.75) is 6.54 Å². The lowest BCUT2D eigenvalue weighted by Crippen LogP contribution is -2.14. The summed E-state index contributed by atoms with van der Waals surface area (Å²) < 4.78 is 7.77. The highest BCUT2D eigenvalue weighted by Gasteiger charge is 2.09. The lowest BCUT2D eigenvalue weighted by atomic mass is 10.2. The molecule has 0 fully saturated rings. The van der Waals surface area contributed by atoms with Gasteiger partial charge in [-0.2, -0.15) is 0 Å². The van der Waals surface area contributed by atoms with E-state index in [-0.39, 0.29) is 5.76 Å². The third kappa shape index (κ3) is 2.29. The molecule has 0 unspecified atom stereocenters. The van der Waals surface area contributed by atoms with Crippen molar-refractivity contribution in [2.24, 2.45) is 0 Å². The van der Waals surface area contributed by atoms with Crippen molar-refractivity contribution in [3.8, 4) is 0 Å². The van der Waals surface area contributed by atoms with E-state index in [0.29, 0.717) is 17.8 Å². The van der Waals surface area contributed by atoms with Crippen molar-refractivity contribution in [1.82, 2.24) is 4.57 Å². The maximum absolute atomic E-state index is 11.9. The van der Waals surface area contributed by atoms with E-state index in [9.17, 15) is 4.79 Å². The highest BCUT2D eigenvalue weighted by molar-refractivity contribution is 9.10. The lowest BCUT2D eigenvalue weighted by Gasteiger charge is -2.03. The number of nitrogens with two attached hydrogens (primary N) is 1. The standard InChI is InChI=1S/C14H11BrN2O2/c15-10-3-1-2-9(6-10)8-17-12-5-4-11(16)7-13(12)19-14(17)18/h1-7H,8,16H2. The number of fused-ring (bicyclic) bond motifs is 1. The molecule has 0 spiro atoms. The highest BCUT2D eigenvalue weighted by Crippen LogP contribution is 2.18. The van der Waals surface area contributed by atoms with Gasteiger partial charge in [0.1, 0.15) is 0 Å². The monoisotopic (exact) mass is 318 g/mol. The highest BCUT2D eigenvalue weighted by atomic mass is 79.9. The molecule has 19 heavy (non-hydrogen) atoms. The molecule has 0 atom stereocenters. The molecule has 0 radical (unpaired) electrons. The molecule has 96 valence electrons. The van der Waals surface area contributed by atoms with E-state index >= 15 is 0 Å². The second-order valence-corrected chi connectivity index (χ2v) is 5.23. The third-order valence-corrected chi connectivity index (χ3v) is 3.42. The Morgan fingerprint density at radius 1 is 1.21 bits per heavy atom. The Morgan fingerprint density at radius 3 is 2.84 bits per heavy atom. The minimum Gasteiger partial charge on any atom is -0.408 e. The molecular weight excluding hydrogens is 308 g/mol. The van der Waals surface area contributed by atoms with Crippen molar-refractivity contribution < 1.29 is 4.42 Å². The second-order valence-electron chi connectivity index (χ2n) is 4.31. The molecular formula is C14H11BrN2O2. The van der Waals surface area contributed by atoms with Gasteiger partial charge in [0.25, 0.3) is 0 Å². The number of aromatic nitrogens is 1. The zero-order valence-corrected chi connectivity index (χ0v) is 11.6. The largest absolute Gasteiger partial charge is 0.420 e. The summed E-state index contributed by atoms with van der Waals surface area (Å²) in [6, 6.07) is 13.0. The van der Waals surface area contributed by atoms with E-state index in [2.05, 4.69) is 15.9 Å². The van der Waals surface area contributed by atoms with Crippen LogP contribution in [0.2, 0.25) is 0 Å². The van der Waals surface area contributed by atoms with Crippen LogP contribution in [0.1, 0.15) is 5.56 Å². The molecule has 0 aliphatic carbocycles. The number of halogens is 1. The number of hydrogen-bond donors (Lipinski definition) is 1. The first-order valence-corrected chi connectivity index (χ1v) is 6.56. The van der Waals surface area contributed by atoms with Gasteiger partial charge in [0.15, 0.2) is 5.58 Å². The van der Waals surface area contributed by atoms with Crippen LogP contribution in [0.25, 0.3) is 11.1 Å². The minimum atomic E-state index is -0.374. The molecule has 1 aromatic heterocycles. The van der Waals surface area contributed by atoms with E-state index in [1.54, 1.807) is 22.8 Å². The average Bonchev–Trinajstić information content (AvgIpc) is 2.65. The van der Waals surface area contributed by atoms with Gasteiger partial charge >= 0.3 is 5.76 Å². The molecule has 0 amide bonds. The van der Waals surface area contributed by atoms with Gasteiger partial charge < -0.3 is 10.2 Å². The van der Waals surface area contributed by atoms with E-state index in [0.717, 1.165) is 15.6 Å². The van der Waals surface area contributed by atoms with Gasteiger partial charge in [-0.1, -0.05) is 28.1 Å². The van der Waals surface area contributed by atoms with Crippen molar-refractivity contribution in [1.29, 1.82) is 0 Å². The average molecular weight is 319 g/mol. The zero-order chi connectivity index (χ0) is 13.4. The fraction of sp³-hybridized carbons (Fsp3) is 0.0714. The van der Waals surface area contributed by atoms with E-state index in [4.69, 9.17) is 10.2 Å². The van der Waals surface area contributed by atoms with E-state index in [1.807, 2.05) is 24.3 Å². The topological polar surface area (TPSA) is 61.2 Å². The van der Waals surface area contributed by atoms with Crippen LogP contribution in [0.4, 0.5) is 5.69 Å². The molecule has 0 bridgehead atoms. The van der Waals surface area contributed by atoms with Gasteiger partial charge in [-0.15, -0.1) is 0 Å². The first kappa shape index (κ1) is 12.0. The zero-order valence-electron chi connectivity index (χ0n) is 9.97. The van der Waals surface area contributed by atoms with Gasteiger partial charge in [-0.05, 0) is 29.8 Å². The van der Waals surface area contributed by atoms with Crippen molar-refractivity contribution in [2.75, 3.05) is 5.73 Å². The molecule has 0 aliphatic rings. The Morgan fingerprint density at radius 2 is 2.05 bits per heavy atom. The number of benzene rings is 2. The van der Waals surface area contributed by atoms with Crippen LogP contribution in [-0.2, 0) is 6.54 Å². The minimum absolute atomic E-state index is 0.374. The summed E-state index contributed by atoms with van der Waals surface area (Å²) in [6.45, 7) is 0.467. The Balaban J connectivity index is 2.10.